The summed E-state index contributed by atoms with van der Waals surface area (Å²) in [5.41, 5.74) is 1.68. The molecule has 1 nitrogen and oxygen atoms in total. The molecule has 0 aliphatic rings. The highest BCUT2D eigenvalue weighted by Gasteiger charge is 2.14. The van der Waals surface area contributed by atoms with Crippen molar-refractivity contribution in [1.82, 2.24) is 0 Å². The molecule has 2 rings (SSSR count). The van der Waals surface area contributed by atoms with Crippen molar-refractivity contribution in [2.75, 3.05) is 11.9 Å². The summed E-state index contributed by atoms with van der Waals surface area (Å²) < 4.78 is 31.7. The van der Waals surface area contributed by atoms with Crippen LogP contribution in [-0.2, 0) is 4.74 Å². The number of rotatable bonds is 5. The maximum absolute atomic E-state index is 13.0. The Bertz CT molecular complexity index is 465. The predicted molar refractivity (Wildman–Crippen MR) is 74.4 cm³/mol. The fourth-order valence-electron chi connectivity index (χ4n) is 1.82. The number of ether oxygens (including phenoxy) is 1. The summed E-state index contributed by atoms with van der Waals surface area (Å²) in [4.78, 5) is 0. The molecule has 0 aromatic heterocycles. The van der Waals surface area contributed by atoms with Crippen LogP contribution >= 0.6 is 15.9 Å². The van der Waals surface area contributed by atoms with Crippen LogP contribution in [0.15, 0.2) is 48.5 Å². The van der Waals surface area contributed by atoms with Gasteiger partial charge >= 0.3 is 0 Å². The van der Waals surface area contributed by atoms with Gasteiger partial charge in [-0.15, -0.1) is 0 Å². The lowest BCUT2D eigenvalue weighted by atomic mass is 10.0. The Balaban J connectivity index is 2.29. The van der Waals surface area contributed by atoms with E-state index in [4.69, 9.17) is 4.74 Å². The molecule has 2 aromatic carbocycles. The molecule has 0 atom stereocenters. The largest absolute Gasteiger partial charge is 0.368 e. The van der Waals surface area contributed by atoms with E-state index < -0.39 is 0 Å². The lowest BCUT2D eigenvalue weighted by Crippen LogP contribution is -2.08. The van der Waals surface area contributed by atoms with E-state index in [1.807, 2.05) is 0 Å². The number of hydrogen-bond donors (Lipinski definition) is 0. The zero-order valence-electron chi connectivity index (χ0n) is 10.2. The van der Waals surface area contributed by atoms with Crippen molar-refractivity contribution in [1.29, 1.82) is 0 Å². The lowest BCUT2D eigenvalue weighted by Gasteiger charge is -2.18. The van der Waals surface area contributed by atoms with Gasteiger partial charge in [0.25, 0.3) is 0 Å². The Hall–Kier alpha value is -1.26. The summed E-state index contributed by atoms with van der Waals surface area (Å²) in [5.74, 6) is -0.579. The second kappa shape index (κ2) is 6.78. The molecule has 19 heavy (non-hydrogen) atoms. The smallest absolute Gasteiger partial charge is 0.123 e. The summed E-state index contributed by atoms with van der Waals surface area (Å²) >= 11 is 3.30. The molecule has 0 unspecified atom stereocenters. The van der Waals surface area contributed by atoms with Gasteiger partial charge in [-0.25, -0.2) is 8.78 Å². The Morgan fingerprint density at radius 3 is 1.63 bits per heavy atom. The molecular weight excluding hydrogens is 314 g/mol. The lowest BCUT2D eigenvalue weighted by molar-refractivity contribution is 0.0939. The third kappa shape index (κ3) is 3.85. The molecule has 0 aliphatic heterocycles. The van der Waals surface area contributed by atoms with E-state index in [-0.39, 0.29) is 17.7 Å². The molecule has 0 N–H and O–H groups in total. The van der Waals surface area contributed by atoms with Crippen LogP contribution in [0.3, 0.4) is 0 Å². The zero-order chi connectivity index (χ0) is 13.7. The van der Waals surface area contributed by atoms with Crippen molar-refractivity contribution >= 4 is 15.9 Å². The minimum absolute atomic E-state index is 0.290. The first-order valence-electron chi connectivity index (χ1n) is 5.89. The van der Waals surface area contributed by atoms with E-state index in [0.29, 0.717) is 11.9 Å². The number of alkyl halides is 1. The van der Waals surface area contributed by atoms with Crippen molar-refractivity contribution in [2.24, 2.45) is 0 Å². The number of halogens is 3. The molecule has 0 saturated heterocycles. The van der Waals surface area contributed by atoms with Crippen molar-refractivity contribution in [3.8, 4) is 0 Å². The van der Waals surface area contributed by atoms with E-state index in [2.05, 4.69) is 15.9 Å². The van der Waals surface area contributed by atoms with Gasteiger partial charge in [0, 0.05) is 5.33 Å². The van der Waals surface area contributed by atoms with Gasteiger partial charge in [0.05, 0.1) is 6.61 Å². The second-order valence-corrected chi connectivity index (χ2v) is 4.84. The van der Waals surface area contributed by atoms with Crippen LogP contribution in [0.5, 0.6) is 0 Å². The summed E-state index contributed by atoms with van der Waals surface area (Å²) in [5, 5.41) is 0.700. The van der Waals surface area contributed by atoms with E-state index in [1.54, 1.807) is 24.3 Å². The number of hydrogen-bond acceptors (Lipinski definition) is 1. The third-order valence-electron chi connectivity index (χ3n) is 2.71. The Morgan fingerprint density at radius 1 is 0.842 bits per heavy atom. The summed E-state index contributed by atoms with van der Waals surface area (Å²) in [7, 11) is 0. The van der Waals surface area contributed by atoms with Crippen LogP contribution in [0.25, 0.3) is 0 Å². The van der Waals surface area contributed by atoms with Crippen molar-refractivity contribution < 1.29 is 13.5 Å². The van der Waals surface area contributed by atoms with Gasteiger partial charge in [0.15, 0.2) is 0 Å². The zero-order valence-corrected chi connectivity index (χ0v) is 11.7. The fourth-order valence-corrected chi connectivity index (χ4v) is 2.01. The van der Waals surface area contributed by atoms with Crippen LogP contribution in [0, 0.1) is 11.6 Å². The molecule has 100 valence electrons. The van der Waals surface area contributed by atoms with Crippen molar-refractivity contribution in [3.05, 3.63) is 71.3 Å². The molecule has 0 radical (unpaired) electrons. The van der Waals surface area contributed by atoms with E-state index in [1.165, 1.54) is 24.3 Å². The standard InChI is InChI=1S/C15H13BrF2O/c16-9-10-19-15(11-1-5-13(17)6-2-11)12-3-7-14(18)8-4-12/h1-8,15H,9-10H2. The molecule has 0 spiro atoms. The van der Waals surface area contributed by atoms with Crippen molar-refractivity contribution in [2.45, 2.75) is 6.10 Å². The molecular formula is C15H13BrF2O. The minimum atomic E-state index is -0.321. The molecule has 0 bridgehead atoms. The monoisotopic (exact) mass is 326 g/mol. The van der Waals surface area contributed by atoms with Crippen LogP contribution in [0.1, 0.15) is 17.2 Å². The molecule has 0 aliphatic carbocycles. The van der Waals surface area contributed by atoms with Crippen LogP contribution in [0.4, 0.5) is 8.78 Å². The van der Waals surface area contributed by atoms with Crippen LogP contribution in [0.2, 0.25) is 0 Å². The van der Waals surface area contributed by atoms with Gasteiger partial charge in [0.1, 0.15) is 17.7 Å². The van der Waals surface area contributed by atoms with E-state index in [0.717, 1.165) is 11.1 Å². The van der Waals surface area contributed by atoms with Gasteiger partial charge < -0.3 is 4.74 Å². The maximum atomic E-state index is 13.0. The highest BCUT2D eigenvalue weighted by Crippen LogP contribution is 2.26. The average molecular weight is 327 g/mol. The highest BCUT2D eigenvalue weighted by atomic mass is 79.9. The quantitative estimate of drug-likeness (QED) is 0.737. The van der Waals surface area contributed by atoms with E-state index in [9.17, 15) is 8.78 Å². The average Bonchev–Trinajstić information content (AvgIpc) is 2.43. The minimum Gasteiger partial charge on any atom is -0.368 e. The Morgan fingerprint density at radius 2 is 1.26 bits per heavy atom. The third-order valence-corrected chi connectivity index (χ3v) is 3.03. The maximum Gasteiger partial charge on any atom is 0.123 e. The summed E-state index contributed by atoms with van der Waals surface area (Å²) in [6.07, 6.45) is -0.321. The summed E-state index contributed by atoms with van der Waals surface area (Å²) in [6.45, 7) is 0.513. The topological polar surface area (TPSA) is 9.23 Å². The first-order chi connectivity index (χ1) is 9.20. The first-order valence-corrected chi connectivity index (χ1v) is 7.01. The van der Waals surface area contributed by atoms with Gasteiger partial charge in [0.2, 0.25) is 0 Å². The summed E-state index contributed by atoms with van der Waals surface area (Å²) in [6, 6.07) is 12.3. The molecule has 0 saturated carbocycles. The molecule has 4 heteroatoms. The van der Waals surface area contributed by atoms with Gasteiger partial charge in [-0.2, -0.15) is 0 Å². The SMILES string of the molecule is Fc1ccc(C(OCCBr)c2ccc(F)cc2)cc1. The first kappa shape index (κ1) is 14.2. The second-order valence-electron chi connectivity index (χ2n) is 4.04. The van der Waals surface area contributed by atoms with E-state index >= 15 is 0 Å². The van der Waals surface area contributed by atoms with Gasteiger partial charge in [-0.05, 0) is 35.4 Å². The highest BCUT2D eigenvalue weighted by molar-refractivity contribution is 9.09. The van der Waals surface area contributed by atoms with Gasteiger partial charge in [-0.1, -0.05) is 40.2 Å². The molecule has 0 fully saturated rings. The Labute approximate surface area is 119 Å². The van der Waals surface area contributed by atoms with Crippen LogP contribution < -0.4 is 0 Å². The Kier molecular flexibility index (Phi) is 5.05. The number of benzene rings is 2. The normalized spacial score (nSPS) is 10.9. The predicted octanol–water partition coefficient (Wildman–Crippen LogP) is 4.47. The fraction of sp³-hybridized carbons (Fsp3) is 0.200. The molecule has 0 heterocycles. The molecule has 2 aromatic rings. The van der Waals surface area contributed by atoms with Gasteiger partial charge in [-0.3, -0.25) is 0 Å². The van der Waals surface area contributed by atoms with Crippen molar-refractivity contribution in [3.63, 3.8) is 0 Å². The molecule has 0 amide bonds. The van der Waals surface area contributed by atoms with Crippen LogP contribution in [-0.4, -0.2) is 11.9 Å².